The highest BCUT2D eigenvalue weighted by atomic mass is 32.2. The molecule has 0 fully saturated rings. The first-order chi connectivity index (χ1) is 17.5. The lowest BCUT2D eigenvalue weighted by Gasteiger charge is -2.26. The van der Waals surface area contributed by atoms with Gasteiger partial charge in [-0.2, -0.15) is 0 Å². The molecule has 3 N–H and O–H groups in total. The third-order valence-electron chi connectivity index (χ3n) is 5.70. The second kappa shape index (κ2) is 11.4. The fourth-order valence-electron chi connectivity index (χ4n) is 3.71. The van der Waals surface area contributed by atoms with Gasteiger partial charge in [0.25, 0.3) is 15.9 Å². The molecule has 1 aliphatic rings. The number of carbonyl (C=O) groups excluding carboxylic acids is 2. The number of hydrogen-bond acceptors (Lipinski definition) is 8. The summed E-state index contributed by atoms with van der Waals surface area (Å²) in [5.74, 6) is -2.67. The molecule has 0 aliphatic heterocycles. The first-order valence-electron chi connectivity index (χ1n) is 11.3. The molecular formula is C26H27NO9S. The normalized spacial score (nSPS) is 16.5. The van der Waals surface area contributed by atoms with Crippen LogP contribution >= 0.6 is 0 Å². The Morgan fingerprint density at radius 2 is 1.86 bits per heavy atom. The highest BCUT2D eigenvalue weighted by Crippen LogP contribution is 2.29. The average molecular weight is 530 g/mol. The highest BCUT2D eigenvalue weighted by Gasteiger charge is 2.38. The number of benzene rings is 2. The monoisotopic (exact) mass is 529 g/mol. The minimum Gasteiger partial charge on any atom is -0.497 e. The van der Waals surface area contributed by atoms with E-state index in [0.29, 0.717) is 24.2 Å². The molecular weight excluding hydrogens is 502 g/mol. The number of aliphatic hydroxyl groups excluding tert-OH is 1. The molecule has 0 radical (unpaired) electrons. The van der Waals surface area contributed by atoms with Crippen molar-refractivity contribution in [3.63, 3.8) is 0 Å². The molecule has 0 spiro atoms. The summed E-state index contributed by atoms with van der Waals surface area (Å²) < 4.78 is 38.7. The van der Waals surface area contributed by atoms with Gasteiger partial charge in [0.05, 0.1) is 17.6 Å². The quantitative estimate of drug-likeness (QED) is 0.393. The van der Waals surface area contributed by atoms with Gasteiger partial charge in [0.1, 0.15) is 17.6 Å². The van der Waals surface area contributed by atoms with Crippen molar-refractivity contribution in [3.8, 4) is 11.5 Å². The van der Waals surface area contributed by atoms with Crippen molar-refractivity contribution < 1.29 is 42.5 Å². The summed E-state index contributed by atoms with van der Waals surface area (Å²) >= 11 is 0. The van der Waals surface area contributed by atoms with E-state index in [1.807, 2.05) is 11.6 Å². The number of allylic oxidation sites excluding steroid dienone is 1. The van der Waals surface area contributed by atoms with Crippen LogP contribution in [0.1, 0.15) is 35.7 Å². The smallest absolute Gasteiger partial charge is 0.335 e. The largest absolute Gasteiger partial charge is 0.497 e. The third kappa shape index (κ3) is 6.25. The van der Waals surface area contributed by atoms with Crippen molar-refractivity contribution in [1.29, 1.82) is 0 Å². The molecule has 2 unspecified atom stereocenters. The zero-order chi connectivity index (χ0) is 27.3. The van der Waals surface area contributed by atoms with E-state index in [2.05, 4.69) is 6.58 Å². The minimum absolute atomic E-state index is 0.00133. The van der Waals surface area contributed by atoms with Gasteiger partial charge in [-0.1, -0.05) is 26.0 Å². The van der Waals surface area contributed by atoms with Gasteiger partial charge < -0.3 is 19.7 Å². The molecule has 0 aromatic heterocycles. The van der Waals surface area contributed by atoms with Crippen LogP contribution in [0, 0.1) is 0 Å². The molecule has 3 rings (SSSR count). The SMILES string of the molecule is C=C1CC=C(C(Oc2ccc(C(=O)O)cc2CCC)C(=O)NS(=O)(=O)c2ccc(OC)cc2)C(=O)C1O. The first-order valence-corrected chi connectivity index (χ1v) is 12.8. The number of amides is 1. The molecule has 0 saturated heterocycles. The summed E-state index contributed by atoms with van der Waals surface area (Å²) in [7, 11) is -2.95. The zero-order valence-corrected chi connectivity index (χ0v) is 21.1. The molecule has 1 aliphatic carbocycles. The number of aromatic carboxylic acids is 1. The Bertz CT molecular complexity index is 1360. The van der Waals surface area contributed by atoms with Crippen LogP contribution in [0.15, 0.2) is 71.2 Å². The van der Waals surface area contributed by atoms with Gasteiger partial charge in [-0.3, -0.25) is 9.59 Å². The van der Waals surface area contributed by atoms with Crippen molar-refractivity contribution in [2.45, 2.75) is 43.3 Å². The van der Waals surface area contributed by atoms with Gasteiger partial charge in [0, 0.05) is 5.57 Å². The number of nitrogens with one attached hydrogen (secondary N) is 1. The second-order valence-electron chi connectivity index (χ2n) is 8.31. The number of carboxylic acids is 1. The summed E-state index contributed by atoms with van der Waals surface area (Å²) in [6.45, 7) is 5.49. The molecule has 0 saturated carbocycles. The van der Waals surface area contributed by atoms with E-state index < -0.39 is 39.9 Å². The standard InChI is InChI=1S/C26H27NO9S/c1-4-5-16-14-17(26(31)32)7-13-21(16)36-24(20-12-6-15(2)22(28)23(20)29)25(30)27-37(33,34)19-10-8-18(35-3)9-11-19/h7-14,22,24,28H,2,4-6H2,1,3H3,(H,27,30)(H,31,32). The number of aliphatic hydroxyl groups is 1. The summed E-state index contributed by atoms with van der Waals surface area (Å²) in [4.78, 5) is 37.3. The fraction of sp³-hybridized carbons (Fsp3) is 0.269. The van der Waals surface area contributed by atoms with Crippen LogP contribution < -0.4 is 14.2 Å². The van der Waals surface area contributed by atoms with Crippen molar-refractivity contribution in [2.24, 2.45) is 0 Å². The number of carbonyl (C=O) groups is 3. The van der Waals surface area contributed by atoms with E-state index in [1.54, 1.807) is 0 Å². The predicted octanol–water partition coefficient (Wildman–Crippen LogP) is 2.41. The molecule has 10 nitrogen and oxygen atoms in total. The van der Waals surface area contributed by atoms with E-state index in [-0.39, 0.29) is 33.8 Å². The van der Waals surface area contributed by atoms with Crippen molar-refractivity contribution in [2.75, 3.05) is 7.11 Å². The van der Waals surface area contributed by atoms with Crippen LogP contribution in [-0.4, -0.2) is 55.6 Å². The molecule has 2 aromatic carbocycles. The van der Waals surface area contributed by atoms with E-state index >= 15 is 0 Å². The van der Waals surface area contributed by atoms with Crippen molar-refractivity contribution in [1.82, 2.24) is 4.72 Å². The first kappa shape index (κ1) is 27.6. The van der Waals surface area contributed by atoms with Gasteiger partial charge in [-0.15, -0.1) is 0 Å². The molecule has 196 valence electrons. The Morgan fingerprint density at radius 1 is 1.19 bits per heavy atom. The van der Waals surface area contributed by atoms with E-state index in [4.69, 9.17) is 9.47 Å². The summed E-state index contributed by atoms with van der Waals surface area (Å²) in [6, 6.07) is 9.30. The van der Waals surface area contributed by atoms with Gasteiger partial charge in [-0.25, -0.2) is 17.9 Å². The van der Waals surface area contributed by atoms with Gasteiger partial charge >= 0.3 is 5.97 Å². The number of sulfonamides is 1. The molecule has 0 bridgehead atoms. The molecule has 37 heavy (non-hydrogen) atoms. The molecule has 2 atom stereocenters. The van der Waals surface area contributed by atoms with Crippen LogP contribution in [-0.2, 0) is 26.0 Å². The van der Waals surface area contributed by atoms with Gasteiger partial charge in [-0.05, 0) is 66.4 Å². The van der Waals surface area contributed by atoms with Gasteiger partial charge in [0.2, 0.25) is 6.10 Å². The zero-order valence-electron chi connectivity index (χ0n) is 20.3. The minimum atomic E-state index is -4.37. The second-order valence-corrected chi connectivity index (χ2v) is 9.99. The number of carboxylic acid groups (broad SMARTS) is 1. The van der Waals surface area contributed by atoms with Crippen molar-refractivity contribution in [3.05, 3.63) is 77.4 Å². The number of hydrogen-bond donors (Lipinski definition) is 3. The number of methoxy groups -OCH3 is 1. The van der Waals surface area contributed by atoms with Crippen LogP contribution in [0.2, 0.25) is 0 Å². The number of rotatable bonds is 10. The Hall–Kier alpha value is -3.96. The Balaban J connectivity index is 2.01. The van der Waals surface area contributed by atoms with Crippen LogP contribution in [0.25, 0.3) is 0 Å². The predicted molar refractivity (Wildman–Crippen MR) is 133 cm³/mol. The number of aryl methyl sites for hydroxylation is 1. The Morgan fingerprint density at radius 3 is 2.46 bits per heavy atom. The van der Waals surface area contributed by atoms with Crippen LogP contribution in [0.5, 0.6) is 11.5 Å². The van der Waals surface area contributed by atoms with Crippen molar-refractivity contribution >= 4 is 27.7 Å². The van der Waals surface area contributed by atoms with E-state index in [0.717, 1.165) is 0 Å². The maximum Gasteiger partial charge on any atom is 0.335 e. The summed E-state index contributed by atoms with van der Waals surface area (Å²) in [6.07, 6.45) is -0.910. The van der Waals surface area contributed by atoms with E-state index in [9.17, 15) is 33.0 Å². The van der Waals surface area contributed by atoms with Crippen LogP contribution in [0.3, 0.4) is 0 Å². The van der Waals surface area contributed by atoms with E-state index in [1.165, 1.54) is 55.7 Å². The Labute approximate surface area is 214 Å². The highest BCUT2D eigenvalue weighted by molar-refractivity contribution is 7.90. The molecule has 11 heteroatoms. The lowest BCUT2D eigenvalue weighted by atomic mass is 9.88. The lowest BCUT2D eigenvalue weighted by Crippen LogP contribution is -2.46. The third-order valence-corrected chi connectivity index (χ3v) is 7.06. The molecule has 0 heterocycles. The number of ether oxygens (including phenoxy) is 2. The molecule has 1 amide bonds. The maximum absolute atomic E-state index is 13.3. The summed E-state index contributed by atoms with van der Waals surface area (Å²) in [5, 5.41) is 19.6. The maximum atomic E-state index is 13.3. The van der Waals surface area contributed by atoms with Crippen LogP contribution in [0.4, 0.5) is 0 Å². The number of Topliss-reactive ketones (excluding diaryl/α,β-unsaturated/α-hetero) is 1. The summed E-state index contributed by atoms with van der Waals surface area (Å²) in [5.41, 5.74) is 0.425. The lowest BCUT2D eigenvalue weighted by molar-refractivity contribution is -0.129. The topological polar surface area (TPSA) is 156 Å². The molecule has 2 aromatic rings. The number of ketones is 1. The Kier molecular flexibility index (Phi) is 8.51. The average Bonchev–Trinajstić information content (AvgIpc) is 2.87. The fourth-order valence-corrected chi connectivity index (χ4v) is 4.69. The van der Waals surface area contributed by atoms with Gasteiger partial charge in [0.15, 0.2) is 5.78 Å².